The van der Waals surface area contributed by atoms with Crippen molar-refractivity contribution in [3.63, 3.8) is 0 Å². The summed E-state index contributed by atoms with van der Waals surface area (Å²) in [6.45, 7) is 9.67. The number of allylic oxidation sites excluding steroid dienone is 5. The Balaban J connectivity index is 2.44. The summed E-state index contributed by atoms with van der Waals surface area (Å²) >= 11 is 0. The highest BCUT2D eigenvalue weighted by molar-refractivity contribution is 6.16. The van der Waals surface area contributed by atoms with Crippen LogP contribution >= 0.6 is 0 Å². The SMILES string of the molecule is C=C(N=C1C=CC=C/C1=C(/C)C(=O)O)c1ccc(C)cc1C. The Morgan fingerprint density at radius 1 is 1.18 bits per heavy atom. The van der Waals surface area contributed by atoms with Crippen LogP contribution in [0.25, 0.3) is 5.70 Å². The van der Waals surface area contributed by atoms with E-state index >= 15 is 0 Å². The molecule has 0 radical (unpaired) electrons. The third-order valence-electron chi connectivity index (χ3n) is 3.58. The Bertz CT molecular complexity index is 762. The van der Waals surface area contributed by atoms with Gasteiger partial charge in [-0.05, 0) is 32.4 Å². The van der Waals surface area contributed by atoms with Crippen LogP contribution in [-0.2, 0) is 4.79 Å². The molecule has 0 unspecified atom stereocenters. The van der Waals surface area contributed by atoms with Gasteiger partial charge in [0, 0.05) is 16.7 Å². The maximum atomic E-state index is 11.2. The van der Waals surface area contributed by atoms with Crippen molar-refractivity contribution in [1.29, 1.82) is 0 Å². The number of hydrogen-bond donors (Lipinski definition) is 1. The lowest BCUT2D eigenvalue weighted by Gasteiger charge is -2.12. The molecular formula is C19H19NO2. The number of hydrogen-bond acceptors (Lipinski definition) is 2. The van der Waals surface area contributed by atoms with Gasteiger partial charge in [-0.1, -0.05) is 48.6 Å². The van der Waals surface area contributed by atoms with Crippen molar-refractivity contribution < 1.29 is 9.90 Å². The zero-order valence-electron chi connectivity index (χ0n) is 13.1. The van der Waals surface area contributed by atoms with E-state index < -0.39 is 5.97 Å². The standard InChI is InChI=1S/C19H19NO2/c1-12-9-10-16(13(2)11-12)15(4)20-18-8-6-5-7-17(18)14(3)19(21)22/h5-11H,4H2,1-3H3,(H,21,22)/b17-14+,20-18?. The highest BCUT2D eigenvalue weighted by atomic mass is 16.4. The molecule has 0 aromatic heterocycles. The molecule has 0 fully saturated rings. The molecule has 0 atom stereocenters. The predicted octanol–water partition coefficient (Wildman–Crippen LogP) is 4.24. The average molecular weight is 293 g/mol. The van der Waals surface area contributed by atoms with Gasteiger partial charge in [0.2, 0.25) is 0 Å². The molecule has 0 saturated heterocycles. The summed E-state index contributed by atoms with van der Waals surface area (Å²) in [6, 6.07) is 6.09. The van der Waals surface area contributed by atoms with Crippen molar-refractivity contribution in [2.75, 3.05) is 0 Å². The Kier molecular flexibility index (Phi) is 4.56. The van der Waals surface area contributed by atoms with E-state index in [2.05, 4.69) is 17.6 Å². The molecule has 1 aromatic carbocycles. The Hall–Kier alpha value is -2.68. The number of aryl methyl sites for hydroxylation is 2. The first kappa shape index (κ1) is 15.7. The summed E-state index contributed by atoms with van der Waals surface area (Å²) < 4.78 is 0. The molecule has 1 aliphatic rings. The molecule has 3 heteroatoms. The fraction of sp³-hybridized carbons (Fsp3) is 0.158. The van der Waals surface area contributed by atoms with Crippen LogP contribution in [0.4, 0.5) is 0 Å². The summed E-state index contributed by atoms with van der Waals surface area (Å²) in [5.74, 6) is -0.945. The summed E-state index contributed by atoms with van der Waals surface area (Å²) in [5, 5.41) is 9.18. The maximum Gasteiger partial charge on any atom is 0.331 e. The molecule has 0 spiro atoms. The van der Waals surface area contributed by atoms with Gasteiger partial charge in [0.15, 0.2) is 0 Å². The zero-order valence-corrected chi connectivity index (χ0v) is 13.1. The van der Waals surface area contributed by atoms with Crippen molar-refractivity contribution >= 4 is 17.4 Å². The van der Waals surface area contributed by atoms with Crippen LogP contribution in [0.15, 0.2) is 65.2 Å². The molecule has 112 valence electrons. The topological polar surface area (TPSA) is 49.7 Å². The molecule has 2 rings (SSSR count). The highest BCUT2D eigenvalue weighted by Gasteiger charge is 2.14. The van der Waals surface area contributed by atoms with Crippen LogP contribution < -0.4 is 0 Å². The van der Waals surface area contributed by atoms with E-state index in [1.807, 2.05) is 32.1 Å². The van der Waals surface area contributed by atoms with Gasteiger partial charge in [0.25, 0.3) is 0 Å². The monoisotopic (exact) mass is 293 g/mol. The third kappa shape index (κ3) is 3.31. The first-order valence-corrected chi connectivity index (χ1v) is 7.04. The minimum absolute atomic E-state index is 0.271. The van der Waals surface area contributed by atoms with Crippen LogP contribution in [0, 0.1) is 13.8 Å². The van der Waals surface area contributed by atoms with Crippen LogP contribution in [0.5, 0.6) is 0 Å². The molecular weight excluding hydrogens is 274 g/mol. The van der Waals surface area contributed by atoms with Crippen LogP contribution in [0.3, 0.4) is 0 Å². The van der Waals surface area contributed by atoms with Crippen molar-refractivity contribution in [3.05, 3.63) is 76.9 Å². The van der Waals surface area contributed by atoms with E-state index in [1.54, 1.807) is 25.2 Å². The van der Waals surface area contributed by atoms with Gasteiger partial charge < -0.3 is 5.11 Å². The first-order valence-electron chi connectivity index (χ1n) is 7.04. The van der Waals surface area contributed by atoms with Gasteiger partial charge in [0.05, 0.1) is 11.4 Å². The molecule has 0 amide bonds. The van der Waals surface area contributed by atoms with Gasteiger partial charge >= 0.3 is 5.97 Å². The lowest BCUT2D eigenvalue weighted by molar-refractivity contribution is -0.132. The Labute approximate surface area is 130 Å². The molecule has 0 bridgehead atoms. The summed E-state index contributed by atoms with van der Waals surface area (Å²) in [6.07, 6.45) is 7.21. The third-order valence-corrected chi connectivity index (χ3v) is 3.58. The quantitative estimate of drug-likeness (QED) is 0.847. The highest BCUT2D eigenvalue weighted by Crippen LogP contribution is 2.23. The molecule has 1 N–H and O–H groups in total. The molecule has 22 heavy (non-hydrogen) atoms. The number of aliphatic imine (C=N–C) groups is 1. The number of benzene rings is 1. The Morgan fingerprint density at radius 2 is 1.86 bits per heavy atom. The molecule has 1 aliphatic carbocycles. The van der Waals surface area contributed by atoms with Crippen molar-refractivity contribution in [3.8, 4) is 0 Å². The molecule has 0 heterocycles. The van der Waals surface area contributed by atoms with Crippen LogP contribution in [0.2, 0.25) is 0 Å². The summed E-state index contributed by atoms with van der Waals surface area (Å²) in [4.78, 5) is 15.7. The van der Waals surface area contributed by atoms with E-state index in [0.717, 1.165) is 11.1 Å². The van der Waals surface area contributed by atoms with Gasteiger partial charge in [-0.3, -0.25) is 0 Å². The number of carboxylic acid groups (broad SMARTS) is 1. The fourth-order valence-corrected chi connectivity index (χ4v) is 2.35. The number of nitrogens with zero attached hydrogens (tertiary/aromatic N) is 1. The summed E-state index contributed by atoms with van der Waals surface area (Å²) in [7, 11) is 0. The first-order chi connectivity index (χ1) is 10.4. The van der Waals surface area contributed by atoms with E-state index in [0.29, 0.717) is 17.0 Å². The van der Waals surface area contributed by atoms with Crippen LogP contribution in [-0.4, -0.2) is 16.8 Å². The minimum Gasteiger partial charge on any atom is -0.478 e. The number of aliphatic carboxylic acids is 1. The molecule has 0 saturated carbocycles. The van der Waals surface area contributed by atoms with Gasteiger partial charge in [-0.2, -0.15) is 0 Å². The van der Waals surface area contributed by atoms with Gasteiger partial charge in [-0.25, -0.2) is 9.79 Å². The minimum atomic E-state index is -0.945. The van der Waals surface area contributed by atoms with Crippen LogP contribution in [0.1, 0.15) is 23.6 Å². The van der Waals surface area contributed by atoms with Crippen molar-refractivity contribution in [2.24, 2.45) is 4.99 Å². The van der Waals surface area contributed by atoms with Gasteiger partial charge in [0.1, 0.15) is 0 Å². The van der Waals surface area contributed by atoms with E-state index in [9.17, 15) is 9.90 Å². The second kappa shape index (κ2) is 6.39. The van der Waals surface area contributed by atoms with Crippen molar-refractivity contribution in [1.82, 2.24) is 0 Å². The Morgan fingerprint density at radius 3 is 2.50 bits per heavy atom. The number of rotatable bonds is 3. The second-order valence-corrected chi connectivity index (χ2v) is 5.32. The smallest absolute Gasteiger partial charge is 0.331 e. The lowest BCUT2D eigenvalue weighted by Crippen LogP contribution is -2.09. The van der Waals surface area contributed by atoms with E-state index in [-0.39, 0.29) is 5.57 Å². The lowest BCUT2D eigenvalue weighted by atomic mass is 9.99. The number of carboxylic acids is 1. The molecule has 3 nitrogen and oxygen atoms in total. The normalized spacial score (nSPS) is 17.7. The van der Waals surface area contributed by atoms with Gasteiger partial charge in [-0.15, -0.1) is 0 Å². The average Bonchev–Trinajstić information content (AvgIpc) is 2.46. The largest absolute Gasteiger partial charge is 0.478 e. The van der Waals surface area contributed by atoms with E-state index in [1.165, 1.54) is 5.56 Å². The molecule has 0 aliphatic heterocycles. The zero-order chi connectivity index (χ0) is 16.3. The van der Waals surface area contributed by atoms with Crippen molar-refractivity contribution in [2.45, 2.75) is 20.8 Å². The van der Waals surface area contributed by atoms with E-state index in [4.69, 9.17) is 0 Å². The number of carbonyl (C=O) groups is 1. The second-order valence-electron chi connectivity index (χ2n) is 5.32. The molecule has 1 aromatic rings. The summed E-state index contributed by atoms with van der Waals surface area (Å²) in [5.41, 5.74) is 5.38. The maximum absolute atomic E-state index is 11.2. The predicted molar refractivity (Wildman–Crippen MR) is 91.0 cm³/mol. The fourth-order valence-electron chi connectivity index (χ4n) is 2.35.